The third-order valence-corrected chi connectivity index (χ3v) is 3.90. The Morgan fingerprint density at radius 1 is 1.32 bits per heavy atom. The number of hydrogen-bond donors (Lipinski definition) is 1. The van der Waals surface area contributed by atoms with E-state index in [1.54, 1.807) is 5.56 Å². The summed E-state index contributed by atoms with van der Waals surface area (Å²) in [5.41, 5.74) is 3.07. The van der Waals surface area contributed by atoms with Gasteiger partial charge in [0.1, 0.15) is 0 Å². The van der Waals surface area contributed by atoms with Gasteiger partial charge in [0.05, 0.1) is 6.61 Å². The molecule has 2 rings (SSSR count). The van der Waals surface area contributed by atoms with Crippen LogP contribution < -0.4 is 5.32 Å². The fourth-order valence-electron chi connectivity index (χ4n) is 2.89. The smallest absolute Gasteiger partial charge is 0.0645 e. The molecule has 0 amide bonds. The molecule has 108 valence electrons. The Hall–Kier alpha value is -0.800. The molecule has 3 nitrogen and oxygen atoms in total. The first-order chi connectivity index (χ1) is 9.35. The van der Waals surface area contributed by atoms with E-state index in [2.05, 4.69) is 36.1 Å². The number of fused-ring (bicyclic) bond motifs is 1. The highest BCUT2D eigenvalue weighted by molar-refractivity contribution is 5.29. The number of nitrogens with one attached hydrogen (secondary N) is 1. The van der Waals surface area contributed by atoms with Gasteiger partial charge in [-0.25, -0.2) is 0 Å². The zero-order valence-electron chi connectivity index (χ0n) is 12.5. The van der Waals surface area contributed by atoms with Gasteiger partial charge in [0.15, 0.2) is 0 Å². The average Bonchev–Trinajstić information content (AvgIpc) is 2.72. The molecular weight excluding hydrogens is 236 g/mol. The molecule has 0 radical (unpaired) electrons. The van der Waals surface area contributed by atoms with Gasteiger partial charge in [0, 0.05) is 31.6 Å². The van der Waals surface area contributed by atoms with Crippen molar-refractivity contribution in [2.24, 2.45) is 0 Å². The number of hydrogen-bond acceptors (Lipinski definition) is 2. The van der Waals surface area contributed by atoms with Crippen LogP contribution >= 0.6 is 0 Å². The van der Waals surface area contributed by atoms with E-state index in [0.717, 1.165) is 26.3 Å². The van der Waals surface area contributed by atoms with E-state index in [0.29, 0.717) is 6.04 Å². The van der Waals surface area contributed by atoms with Crippen molar-refractivity contribution in [1.82, 2.24) is 9.88 Å². The molecule has 0 aliphatic heterocycles. The normalized spacial score (nSPS) is 19.2. The van der Waals surface area contributed by atoms with Gasteiger partial charge in [-0.1, -0.05) is 13.3 Å². The van der Waals surface area contributed by atoms with E-state index in [4.69, 9.17) is 4.74 Å². The molecule has 0 aromatic carbocycles. The first-order valence-electron chi connectivity index (χ1n) is 7.84. The van der Waals surface area contributed by atoms with Crippen LogP contribution in [0.5, 0.6) is 0 Å². The molecule has 3 heteroatoms. The average molecular weight is 264 g/mol. The second-order valence-corrected chi connectivity index (χ2v) is 5.43. The third-order valence-electron chi connectivity index (χ3n) is 3.90. The van der Waals surface area contributed by atoms with Crippen LogP contribution in [0.3, 0.4) is 0 Å². The van der Waals surface area contributed by atoms with Gasteiger partial charge in [0.25, 0.3) is 0 Å². The molecule has 1 aliphatic rings. The van der Waals surface area contributed by atoms with Crippen LogP contribution in [0.4, 0.5) is 0 Å². The van der Waals surface area contributed by atoms with Crippen molar-refractivity contribution in [3.63, 3.8) is 0 Å². The quantitative estimate of drug-likeness (QED) is 0.604. The predicted molar refractivity (Wildman–Crippen MR) is 79.5 cm³/mol. The van der Waals surface area contributed by atoms with Crippen LogP contribution in [0.1, 0.15) is 56.7 Å². The lowest BCUT2D eigenvalue weighted by Crippen LogP contribution is -2.21. The second kappa shape index (κ2) is 7.71. The van der Waals surface area contributed by atoms with Gasteiger partial charge in [-0.2, -0.15) is 0 Å². The van der Waals surface area contributed by atoms with Gasteiger partial charge < -0.3 is 14.6 Å². The number of aryl methyl sites for hydroxylation is 1. The molecule has 1 unspecified atom stereocenters. The summed E-state index contributed by atoms with van der Waals surface area (Å²) in [5.74, 6) is 0. The van der Waals surface area contributed by atoms with Crippen molar-refractivity contribution in [2.45, 2.75) is 58.5 Å². The molecule has 1 aromatic heterocycles. The molecule has 0 bridgehead atoms. The Bertz CT molecular complexity index is 373. The first kappa shape index (κ1) is 14.6. The Kier molecular flexibility index (Phi) is 5.93. The lowest BCUT2D eigenvalue weighted by molar-refractivity contribution is 0.139. The Morgan fingerprint density at radius 2 is 2.21 bits per heavy atom. The highest BCUT2D eigenvalue weighted by atomic mass is 16.5. The van der Waals surface area contributed by atoms with E-state index >= 15 is 0 Å². The first-order valence-corrected chi connectivity index (χ1v) is 7.84. The highest BCUT2D eigenvalue weighted by Crippen LogP contribution is 2.29. The van der Waals surface area contributed by atoms with Gasteiger partial charge >= 0.3 is 0 Å². The maximum Gasteiger partial charge on any atom is 0.0645 e. The summed E-state index contributed by atoms with van der Waals surface area (Å²) >= 11 is 0. The Labute approximate surface area is 117 Å². The summed E-state index contributed by atoms with van der Waals surface area (Å²) in [6.45, 7) is 8.00. The third kappa shape index (κ3) is 4.08. The minimum Gasteiger partial charge on any atom is -0.380 e. The van der Waals surface area contributed by atoms with Gasteiger partial charge in [-0.05, 0) is 50.3 Å². The number of ether oxygens (including phenoxy) is 1. The summed E-state index contributed by atoms with van der Waals surface area (Å²) in [6.07, 6.45) is 11.1. The van der Waals surface area contributed by atoms with Crippen molar-refractivity contribution in [2.75, 3.05) is 19.8 Å². The Morgan fingerprint density at radius 3 is 3.00 bits per heavy atom. The van der Waals surface area contributed by atoms with Crippen LogP contribution in [0.15, 0.2) is 12.4 Å². The summed E-state index contributed by atoms with van der Waals surface area (Å²) in [4.78, 5) is 0. The monoisotopic (exact) mass is 264 g/mol. The van der Waals surface area contributed by atoms with Crippen LogP contribution in [-0.4, -0.2) is 24.3 Å². The maximum absolute atomic E-state index is 5.45. The van der Waals surface area contributed by atoms with Gasteiger partial charge in [0.2, 0.25) is 0 Å². The van der Waals surface area contributed by atoms with E-state index in [1.165, 1.54) is 37.7 Å². The highest BCUT2D eigenvalue weighted by Gasteiger charge is 2.19. The van der Waals surface area contributed by atoms with Crippen molar-refractivity contribution < 1.29 is 4.74 Å². The molecule has 1 atom stereocenters. The molecule has 1 aromatic rings. The van der Waals surface area contributed by atoms with Gasteiger partial charge in [-0.15, -0.1) is 0 Å². The van der Waals surface area contributed by atoms with Crippen LogP contribution in [0, 0.1) is 0 Å². The summed E-state index contributed by atoms with van der Waals surface area (Å²) in [5, 5.41) is 3.70. The van der Waals surface area contributed by atoms with Crippen LogP contribution in [0.2, 0.25) is 0 Å². The van der Waals surface area contributed by atoms with Crippen molar-refractivity contribution in [1.29, 1.82) is 0 Å². The lowest BCUT2D eigenvalue weighted by Gasteiger charge is -2.16. The summed E-state index contributed by atoms with van der Waals surface area (Å²) in [6, 6.07) is 0.561. The molecule has 1 aliphatic carbocycles. The van der Waals surface area contributed by atoms with Crippen molar-refractivity contribution in [3.05, 3.63) is 23.5 Å². The summed E-state index contributed by atoms with van der Waals surface area (Å²) < 4.78 is 7.76. The van der Waals surface area contributed by atoms with E-state index in [9.17, 15) is 0 Å². The molecule has 1 heterocycles. The zero-order valence-corrected chi connectivity index (χ0v) is 12.5. The fraction of sp³-hybridized carbons (Fsp3) is 0.750. The molecule has 19 heavy (non-hydrogen) atoms. The van der Waals surface area contributed by atoms with E-state index in [1.807, 2.05) is 0 Å². The molecular formula is C16H28N2O. The zero-order chi connectivity index (χ0) is 13.5. The molecule has 0 saturated heterocycles. The van der Waals surface area contributed by atoms with Gasteiger partial charge in [-0.3, -0.25) is 0 Å². The maximum atomic E-state index is 5.45. The van der Waals surface area contributed by atoms with Crippen LogP contribution in [-0.2, 0) is 17.7 Å². The number of aromatic nitrogens is 1. The van der Waals surface area contributed by atoms with Crippen molar-refractivity contribution in [3.8, 4) is 0 Å². The molecule has 0 spiro atoms. The minimum atomic E-state index is 0.561. The Balaban J connectivity index is 2.03. The van der Waals surface area contributed by atoms with Crippen LogP contribution in [0.25, 0.3) is 0 Å². The fourth-order valence-corrected chi connectivity index (χ4v) is 2.89. The van der Waals surface area contributed by atoms with E-state index in [-0.39, 0.29) is 0 Å². The molecule has 1 N–H and O–H groups in total. The largest absolute Gasteiger partial charge is 0.380 e. The lowest BCUT2D eigenvalue weighted by atomic mass is 10.0. The number of rotatable bonds is 7. The minimum absolute atomic E-state index is 0.561. The predicted octanol–water partition coefficient (Wildman–Crippen LogP) is 3.29. The number of nitrogens with zero attached hydrogens (tertiary/aromatic N) is 1. The second-order valence-electron chi connectivity index (χ2n) is 5.43. The molecule has 0 fully saturated rings. The van der Waals surface area contributed by atoms with Crippen molar-refractivity contribution >= 4 is 0 Å². The SMILES string of the molecule is CCCNC1CCCCc2cn(CCOCC)cc21. The van der Waals surface area contributed by atoms with E-state index < -0.39 is 0 Å². The standard InChI is InChI=1S/C16H28N2O/c1-3-9-17-16-8-6-5-7-14-12-18(13-15(14)16)10-11-19-4-2/h12-13,16-17H,3-11H2,1-2H3. The topological polar surface area (TPSA) is 26.2 Å². The summed E-state index contributed by atoms with van der Waals surface area (Å²) in [7, 11) is 0. The molecule has 0 saturated carbocycles.